The zero-order chi connectivity index (χ0) is 24.5. The summed E-state index contributed by atoms with van der Waals surface area (Å²) < 4.78 is 4.83. The molecule has 3 aromatic carbocycles. The number of thioether (sulfide) groups is 1. The molecule has 0 radical (unpaired) electrons. The van der Waals surface area contributed by atoms with Gasteiger partial charge in [0.15, 0.2) is 14.8 Å². The summed E-state index contributed by atoms with van der Waals surface area (Å²) in [5, 5.41) is 0.654. The molecule has 0 saturated carbocycles. The first kappa shape index (κ1) is 23.7. The van der Waals surface area contributed by atoms with Crippen LogP contribution in [0.4, 0.5) is 0 Å². The van der Waals surface area contributed by atoms with Crippen LogP contribution in [0.5, 0.6) is 0 Å². The van der Waals surface area contributed by atoms with Gasteiger partial charge in [-0.25, -0.2) is 4.98 Å². The summed E-state index contributed by atoms with van der Waals surface area (Å²) in [6.07, 6.45) is 0.968. The molecule has 5 aromatic rings. The van der Waals surface area contributed by atoms with Crippen LogP contribution >= 0.6 is 35.3 Å². The fourth-order valence-corrected chi connectivity index (χ4v) is 6.36. The highest BCUT2D eigenvalue weighted by Gasteiger charge is 2.19. The molecule has 35 heavy (non-hydrogen) atoms. The molecule has 0 aliphatic carbocycles. The Morgan fingerprint density at radius 3 is 2.26 bits per heavy atom. The number of benzene rings is 3. The smallest absolute Gasteiger partial charge is 0.275 e. The Morgan fingerprint density at radius 1 is 0.914 bits per heavy atom. The van der Waals surface area contributed by atoms with E-state index in [9.17, 15) is 4.79 Å². The van der Waals surface area contributed by atoms with Gasteiger partial charge in [0, 0.05) is 11.4 Å². The van der Waals surface area contributed by atoms with Gasteiger partial charge in [-0.2, -0.15) is 0 Å². The normalized spacial score (nSPS) is 11.3. The molecule has 0 atom stereocenters. The molecule has 0 unspecified atom stereocenters. The van der Waals surface area contributed by atoms with E-state index in [1.807, 2.05) is 60.0 Å². The van der Waals surface area contributed by atoms with Crippen LogP contribution in [0.1, 0.15) is 29.2 Å². The zero-order valence-corrected chi connectivity index (χ0v) is 22.3. The van der Waals surface area contributed by atoms with Crippen LogP contribution in [-0.2, 0) is 12.2 Å². The second-order valence-corrected chi connectivity index (χ2v) is 11.0. The van der Waals surface area contributed by atoms with E-state index in [4.69, 9.17) is 17.2 Å². The lowest BCUT2D eigenvalue weighted by atomic mass is 10.1. The summed E-state index contributed by atoms with van der Waals surface area (Å²) in [5.74, 6) is 0.715. The van der Waals surface area contributed by atoms with Crippen LogP contribution in [0.3, 0.4) is 0 Å². The summed E-state index contributed by atoms with van der Waals surface area (Å²) in [4.78, 5) is 18.9. The third-order valence-electron chi connectivity index (χ3n) is 6.09. The Kier molecular flexibility index (Phi) is 6.73. The SMILES string of the molecule is CCc1ccc(-n2c(=S)sc3c(=O)n(-c4ccc(C)cc4)c(SCc4ccccc4C)nc32)cc1. The van der Waals surface area contributed by atoms with Crippen molar-refractivity contribution >= 4 is 45.7 Å². The van der Waals surface area contributed by atoms with Crippen molar-refractivity contribution in [1.29, 1.82) is 0 Å². The predicted octanol–water partition coefficient (Wildman–Crippen LogP) is 7.44. The number of rotatable bonds is 6. The molecule has 0 amide bonds. The maximum atomic E-state index is 13.9. The molecule has 0 aliphatic rings. The molecular formula is C28H25N3OS3. The maximum Gasteiger partial charge on any atom is 0.278 e. The van der Waals surface area contributed by atoms with Gasteiger partial charge in [0.1, 0.15) is 4.70 Å². The summed E-state index contributed by atoms with van der Waals surface area (Å²) in [7, 11) is 0. The molecule has 0 saturated heterocycles. The van der Waals surface area contributed by atoms with E-state index in [0.717, 1.165) is 23.4 Å². The second-order valence-electron chi connectivity index (χ2n) is 8.46. The van der Waals surface area contributed by atoms with E-state index < -0.39 is 0 Å². The Morgan fingerprint density at radius 2 is 1.57 bits per heavy atom. The van der Waals surface area contributed by atoms with Gasteiger partial charge in [0.05, 0.1) is 5.69 Å². The molecule has 0 fully saturated rings. The molecule has 4 nitrogen and oxygen atoms in total. The number of hydrogen-bond donors (Lipinski definition) is 0. The van der Waals surface area contributed by atoms with Gasteiger partial charge in [-0.05, 0) is 73.4 Å². The van der Waals surface area contributed by atoms with Crippen molar-refractivity contribution < 1.29 is 0 Å². The van der Waals surface area contributed by atoms with Crippen LogP contribution in [0.15, 0.2) is 82.7 Å². The molecule has 7 heteroatoms. The largest absolute Gasteiger partial charge is 0.278 e. The average molecular weight is 516 g/mol. The predicted molar refractivity (Wildman–Crippen MR) is 150 cm³/mol. The van der Waals surface area contributed by atoms with E-state index in [1.54, 1.807) is 16.3 Å². The van der Waals surface area contributed by atoms with Crippen molar-refractivity contribution in [2.75, 3.05) is 0 Å². The number of fused-ring (bicyclic) bond motifs is 1. The van der Waals surface area contributed by atoms with Crippen molar-refractivity contribution in [2.24, 2.45) is 0 Å². The lowest BCUT2D eigenvalue weighted by molar-refractivity contribution is 0.811. The lowest BCUT2D eigenvalue weighted by Gasteiger charge is -2.14. The highest BCUT2D eigenvalue weighted by Crippen LogP contribution is 2.29. The van der Waals surface area contributed by atoms with Crippen LogP contribution in [0.25, 0.3) is 21.7 Å². The Bertz CT molecular complexity index is 1630. The fraction of sp³-hybridized carbons (Fsp3) is 0.179. The third kappa shape index (κ3) is 4.63. The highest BCUT2D eigenvalue weighted by molar-refractivity contribution is 7.98. The number of nitrogens with zero attached hydrogens (tertiary/aromatic N) is 3. The highest BCUT2D eigenvalue weighted by atomic mass is 32.2. The van der Waals surface area contributed by atoms with E-state index in [0.29, 0.717) is 25.2 Å². The molecule has 176 valence electrons. The monoisotopic (exact) mass is 515 g/mol. The summed E-state index contributed by atoms with van der Waals surface area (Å²) in [5.41, 5.74) is 7.09. The van der Waals surface area contributed by atoms with E-state index >= 15 is 0 Å². The van der Waals surface area contributed by atoms with Crippen LogP contribution in [0, 0.1) is 17.8 Å². The molecule has 0 aliphatic heterocycles. The fourth-order valence-electron chi connectivity index (χ4n) is 3.98. The molecule has 0 bridgehead atoms. The molecule has 0 N–H and O–H groups in total. The van der Waals surface area contributed by atoms with Gasteiger partial charge in [-0.3, -0.25) is 13.9 Å². The molecule has 2 aromatic heterocycles. The van der Waals surface area contributed by atoms with Gasteiger partial charge in [0.2, 0.25) is 0 Å². The maximum absolute atomic E-state index is 13.9. The van der Waals surface area contributed by atoms with Crippen LogP contribution < -0.4 is 5.56 Å². The molecular weight excluding hydrogens is 491 g/mol. The summed E-state index contributed by atoms with van der Waals surface area (Å²) in [6.45, 7) is 6.28. The molecule has 5 rings (SSSR count). The first-order valence-corrected chi connectivity index (χ1v) is 13.7. The van der Waals surface area contributed by atoms with Gasteiger partial charge in [0.25, 0.3) is 5.56 Å². The average Bonchev–Trinajstić information content (AvgIpc) is 3.20. The van der Waals surface area contributed by atoms with Crippen molar-refractivity contribution in [2.45, 2.75) is 38.1 Å². The van der Waals surface area contributed by atoms with Gasteiger partial charge >= 0.3 is 0 Å². The quantitative estimate of drug-likeness (QED) is 0.134. The minimum Gasteiger partial charge on any atom is -0.275 e. The van der Waals surface area contributed by atoms with Gasteiger partial charge < -0.3 is 0 Å². The van der Waals surface area contributed by atoms with E-state index in [1.165, 1.54) is 28.0 Å². The molecule has 0 spiro atoms. The lowest BCUT2D eigenvalue weighted by Crippen LogP contribution is -2.21. The van der Waals surface area contributed by atoms with Gasteiger partial charge in [-0.1, -0.05) is 84.1 Å². The number of aromatic nitrogens is 3. The van der Waals surface area contributed by atoms with Crippen molar-refractivity contribution in [3.63, 3.8) is 0 Å². The second kappa shape index (κ2) is 9.93. The first-order chi connectivity index (χ1) is 17.0. The van der Waals surface area contributed by atoms with E-state index in [-0.39, 0.29) is 5.56 Å². The Labute approximate surface area is 217 Å². The van der Waals surface area contributed by atoms with Crippen LogP contribution in [0.2, 0.25) is 0 Å². The minimum atomic E-state index is -0.0915. The molecule has 2 heterocycles. The minimum absolute atomic E-state index is 0.0915. The summed E-state index contributed by atoms with van der Waals surface area (Å²) >= 11 is 8.61. The Balaban J connectivity index is 1.71. The summed E-state index contributed by atoms with van der Waals surface area (Å²) in [6, 6.07) is 24.6. The van der Waals surface area contributed by atoms with Crippen molar-refractivity contribution in [3.05, 3.63) is 109 Å². The standard InChI is InChI=1S/C28H25N3OS3/c1-4-20-11-15-22(16-12-20)30-25-24(35-28(30)33)26(32)31(23-13-9-18(2)10-14-23)27(29-25)34-17-21-8-6-5-7-19(21)3/h5-16H,4,17H2,1-3H3. The van der Waals surface area contributed by atoms with E-state index in [2.05, 4.69) is 38.1 Å². The third-order valence-corrected chi connectivity index (χ3v) is 8.43. The number of thiazole rings is 1. The van der Waals surface area contributed by atoms with Crippen molar-refractivity contribution in [3.8, 4) is 11.4 Å². The number of aryl methyl sites for hydroxylation is 3. The zero-order valence-electron chi connectivity index (χ0n) is 19.8. The topological polar surface area (TPSA) is 39.8 Å². The first-order valence-electron chi connectivity index (χ1n) is 11.5. The number of hydrogen-bond acceptors (Lipinski definition) is 5. The Hall–Kier alpha value is -3.00. The van der Waals surface area contributed by atoms with Gasteiger partial charge in [-0.15, -0.1) is 0 Å². The van der Waals surface area contributed by atoms with Crippen molar-refractivity contribution in [1.82, 2.24) is 14.1 Å². The van der Waals surface area contributed by atoms with Crippen LogP contribution in [-0.4, -0.2) is 14.1 Å².